The number of halogens is 1. The summed E-state index contributed by atoms with van der Waals surface area (Å²) in [5.74, 6) is 0.903. The Morgan fingerprint density at radius 1 is 1.24 bits per heavy atom. The standard InChI is InChI=1S/C14H14BrNO/c1-17-12-5-2-9-8-10(15)3-4-11(9)13(12)14(16)6-7-14/h2-5,8H,6-7,16H2,1H3. The zero-order valence-electron chi connectivity index (χ0n) is 9.66. The maximum Gasteiger partial charge on any atom is 0.124 e. The molecule has 88 valence electrons. The third-order valence-corrected chi connectivity index (χ3v) is 3.94. The van der Waals surface area contributed by atoms with Crippen molar-refractivity contribution in [3.63, 3.8) is 0 Å². The van der Waals surface area contributed by atoms with Crippen molar-refractivity contribution < 1.29 is 4.74 Å². The molecule has 1 aliphatic rings. The van der Waals surface area contributed by atoms with Gasteiger partial charge in [0.2, 0.25) is 0 Å². The van der Waals surface area contributed by atoms with E-state index in [1.807, 2.05) is 6.07 Å². The molecule has 17 heavy (non-hydrogen) atoms. The van der Waals surface area contributed by atoms with Gasteiger partial charge in [-0.1, -0.05) is 28.1 Å². The van der Waals surface area contributed by atoms with Crippen LogP contribution in [0.2, 0.25) is 0 Å². The van der Waals surface area contributed by atoms with Crippen molar-refractivity contribution >= 4 is 26.7 Å². The maximum absolute atomic E-state index is 6.36. The van der Waals surface area contributed by atoms with Gasteiger partial charge < -0.3 is 10.5 Å². The molecular formula is C14H14BrNO. The Morgan fingerprint density at radius 2 is 2.00 bits per heavy atom. The van der Waals surface area contributed by atoms with E-state index in [9.17, 15) is 0 Å². The molecule has 0 saturated heterocycles. The van der Waals surface area contributed by atoms with Crippen molar-refractivity contribution in [2.24, 2.45) is 5.73 Å². The fourth-order valence-electron chi connectivity index (χ4n) is 2.35. The number of hydrogen-bond donors (Lipinski definition) is 1. The summed E-state index contributed by atoms with van der Waals surface area (Å²) in [7, 11) is 1.70. The molecule has 0 amide bonds. The van der Waals surface area contributed by atoms with Crippen LogP contribution >= 0.6 is 15.9 Å². The number of benzene rings is 2. The fourth-order valence-corrected chi connectivity index (χ4v) is 2.73. The highest BCUT2D eigenvalue weighted by atomic mass is 79.9. The van der Waals surface area contributed by atoms with Crippen LogP contribution in [0.25, 0.3) is 10.8 Å². The van der Waals surface area contributed by atoms with E-state index in [1.54, 1.807) is 7.11 Å². The van der Waals surface area contributed by atoms with Crippen molar-refractivity contribution in [2.75, 3.05) is 7.11 Å². The molecule has 0 heterocycles. The van der Waals surface area contributed by atoms with Gasteiger partial charge in [-0.15, -0.1) is 0 Å². The number of fused-ring (bicyclic) bond motifs is 1. The van der Waals surface area contributed by atoms with E-state index in [0.29, 0.717) is 0 Å². The Labute approximate surface area is 109 Å². The van der Waals surface area contributed by atoms with Crippen LogP contribution in [-0.2, 0) is 5.54 Å². The molecule has 0 spiro atoms. The minimum absolute atomic E-state index is 0.182. The topological polar surface area (TPSA) is 35.2 Å². The van der Waals surface area contributed by atoms with Gasteiger partial charge in [0.1, 0.15) is 5.75 Å². The minimum Gasteiger partial charge on any atom is -0.496 e. The summed E-state index contributed by atoms with van der Waals surface area (Å²) in [6.45, 7) is 0. The molecular weight excluding hydrogens is 278 g/mol. The number of ether oxygens (including phenoxy) is 1. The van der Waals surface area contributed by atoms with Crippen LogP contribution in [0.4, 0.5) is 0 Å². The molecule has 2 aromatic rings. The lowest BCUT2D eigenvalue weighted by Gasteiger charge is -2.17. The predicted molar refractivity (Wildman–Crippen MR) is 73.3 cm³/mol. The Morgan fingerprint density at radius 3 is 2.65 bits per heavy atom. The van der Waals surface area contributed by atoms with E-state index in [4.69, 9.17) is 10.5 Å². The van der Waals surface area contributed by atoms with Crippen LogP contribution in [-0.4, -0.2) is 7.11 Å². The summed E-state index contributed by atoms with van der Waals surface area (Å²) in [5, 5.41) is 2.40. The van der Waals surface area contributed by atoms with Gasteiger partial charge >= 0.3 is 0 Å². The minimum atomic E-state index is -0.182. The van der Waals surface area contributed by atoms with Gasteiger partial charge in [0.15, 0.2) is 0 Å². The molecule has 1 fully saturated rings. The number of rotatable bonds is 2. The van der Waals surface area contributed by atoms with Crippen LogP contribution in [0.5, 0.6) is 5.75 Å². The van der Waals surface area contributed by atoms with Gasteiger partial charge in [-0.3, -0.25) is 0 Å². The van der Waals surface area contributed by atoms with Crippen LogP contribution in [0.3, 0.4) is 0 Å². The highest BCUT2D eigenvalue weighted by Crippen LogP contribution is 2.49. The first-order valence-electron chi connectivity index (χ1n) is 5.70. The van der Waals surface area contributed by atoms with E-state index in [-0.39, 0.29) is 5.54 Å². The smallest absolute Gasteiger partial charge is 0.124 e. The van der Waals surface area contributed by atoms with Gasteiger partial charge in [-0.25, -0.2) is 0 Å². The lowest BCUT2D eigenvalue weighted by Crippen LogP contribution is -2.20. The molecule has 3 heteroatoms. The van der Waals surface area contributed by atoms with E-state index < -0.39 is 0 Å². The Kier molecular flexibility index (Phi) is 2.42. The van der Waals surface area contributed by atoms with Crippen molar-refractivity contribution in [1.29, 1.82) is 0 Å². The number of hydrogen-bond acceptors (Lipinski definition) is 2. The zero-order valence-corrected chi connectivity index (χ0v) is 11.3. The molecule has 0 unspecified atom stereocenters. The third-order valence-electron chi connectivity index (χ3n) is 3.45. The second-order valence-electron chi connectivity index (χ2n) is 4.66. The van der Waals surface area contributed by atoms with E-state index >= 15 is 0 Å². The molecule has 0 aromatic heterocycles. The first-order valence-corrected chi connectivity index (χ1v) is 6.49. The fraction of sp³-hybridized carbons (Fsp3) is 0.286. The normalized spacial score (nSPS) is 17.1. The molecule has 2 N–H and O–H groups in total. The van der Waals surface area contributed by atoms with E-state index in [1.165, 1.54) is 10.8 Å². The number of methoxy groups -OCH3 is 1. The maximum atomic E-state index is 6.36. The molecule has 2 nitrogen and oxygen atoms in total. The quantitative estimate of drug-likeness (QED) is 0.918. The largest absolute Gasteiger partial charge is 0.496 e. The van der Waals surface area contributed by atoms with Gasteiger partial charge in [0.05, 0.1) is 7.11 Å². The van der Waals surface area contributed by atoms with Crippen LogP contribution in [0.15, 0.2) is 34.8 Å². The zero-order chi connectivity index (χ0) is 12.0. The number of nitrogens with two attached hydrogens (primary N) is 1. The van der Waals surface area contributed by atoms with E-state index in [2.05, 4.69) is 40.2 Å². The summed E-state index contributed by atoms with van der Waals surface area (Å²) in [5.41, 5.74) is 7.33. The first-order chi connectivity index (χ1) is 8.14. The Balaban J connectivity index is 2.34. The molecule has 0 radical (unpaired) electrons. The lowest BCUT2D eigenvalue weighted by atomic mass is 9.96. The van der Waals surface area contributed by atoms with Crippen molar-refractivity contribution in [3.8, 4) is 5.75 Å². The SMILES string of the molecule is COc1ccc2cc(Br)ccc2c1C1(N)CC1. The van der Waals surface area contributed by atoms with Gasteiger partial charge in [-0.05, 0) is 41.8 Å². The van der Waals surface area contributed by atoms with Crippen molar-refractivity contribution in [1.82, 2.24) is 0 Å². The van der Waals surface area contributed by atoms with Gasteiger partial charge in [0.25, 0.3) is 0 Å². The van der Waals surface area contributed by atoms with Gasteiger partial charge in [-0.2, -0.15) is 0 Å². The molecule has 3 rings (SSSR count). The van der Waals surface area contributed by atoms with E-state index in [0.717, 1.165) is 28.6 Å². The predicted octanol–water partition coefficient (Wildman–Crippen LogP) is 3.56. The summed E-state index contributed by atoms with van der Waals surface area (Å²) >= 11 is 3.50. The average Bonchev–Trinajstić information content (AvgIpc) is 3.06. The highest BCUT2D eigenvalue weighted by Gasteiger charge is 2.43. The molecule has 0 bridgehead atoms. The summed E-state index contributed by atoms with van der Waals surface area (Å²) < 4.78 is 6.54. The summed E-state index contributed by atoms with van der Waals surface area (Å²) in [6, 6.07) is 10.4. The van der Waals surface area contributed by atoms with Crippen molar-refractivity contribution in [3.05, 3.63) is 40.4 Å². The van der Waals surface area contributed by atoms with Crippen LogP contribution in [0.1, 0.15) is 18.4 Å². The second kappa shape index (κ2) is 3.72. The summed E-state index contributed by atoms with van der Waals surface area (Å²) in [6.07, 6.45) is 2.08. The molecule has 1 saturated carbocycles. The first kappa shape index (κ1) is 11.1. The molecule has 1 aliphatic carbocycles. The molecule has 2 aromatic carbocycles. The highest BCUT2D eigenvalue weighted by molar-refractivity contribution is 9.10. The van der Waals surface area contributed by atoms with Crippen LogP contribution < -0.4 is 10.5 Å². The average molecular weight is 292 g/mol. The molecule has 0 aliphatic heterocycles. The van der Waals surface area contributed by atoms with Crippen LogP contribution in [0, 0.1) is 0 Å². The summed E-state index contributed by atoms with van der Waals surface area (Å²) in [4.78, 5) is 0. The molecule has 0 atom stereocenters. The second-order valence-corrected chi connectivity index (χ2v) is 5.58. The monoisotopic (exact) mass is 291 g/mol. The third kappa shape index (κ3) is 1.74. The van der Waals surface area contributed by atoms with Gasteiger partial charge in [0, 0.05) is 15.6 Å². The van der Waals surface area contributed by atoms with Crippen molar-refractivity contribution in [2.45, 2.75) is 18.4 Å². The lowest BCUT2D eigenvalue weighted by molar-refractivity contribution is 0.405. The Hall–Kier alpha value is -1.06. The Bertz CT molecular complexity index is 590.